The summed E-state index contributed by atoms with van der Waals surface area (Å²) in [6.45, 7) is 2.45. The molecular formula is C17H17BrO2. The van der Waals surface area contributed by atoms with Crippen LogP contribution in [0.3, 0.4) is 0 Å². The van der Waals surface area contributed by atoms with Crippen molar-refractivity contribution >= 4 is 21.7 Å². The molecule has 3 heteroatoms. The van der Waals surface area contributed by atoms with E-state index in [2.05, 4.69) is 15.9 Å². The molecule has 0 spiro atoms. The van der Waals surface area contributed by atoms with Crippen molar-refractivity contribution in [3.63, 3.8) is 0 Å². The van der Waals surface area contributed by atoms with E-state index in [4.69, 9.17) is 4.74 Å². The lowest BCUT2D eigenvalue weighted by atomic mass is 10.1. The largest absolute Gasteiger partial charge is 0.493 e. The van der Waals surface area contributed by atoms with Gasteiger partial charge in [-0.2, -0.15) is 0 Å². The Bertz CT molecular complexity index is 576. The Morgan fingerprint density at radius 2 is 1.90 bits per heavy atom. The van der Waals surface area contributed by atoms with Crippen LogP contribution in [-0.2, 0) is 11.2 Å². The van der Waals surface area contributed by atoms with Gasteiger partial charge >= 0.3 is 0 Å². The molecule has 0 atom stereocenters. The highest BCUT2D eigenvalue weighted by Gasteiger charge is 2.04. The van der Waals surface area contributed by atoms with Gasteiger partial charge in [0.1, 0.15) is 11.5 Å². The standard InChI is InChI=1S/C17H17BrO2/c1-13-3-2-4-17(11-13)20-10-9-16(19)12-14-5-7-15(18)8-6-14/h2-8,11H,9-10,12H2,1H3. The zero-order valence-corrected chi connectivity index (χ0v) is 13.0. The van der Waals surface area contributed by atoms with E-state index in [0.717, 1.165) is 21.3 Å². The summed E-state index contributed by atoms with van der Waals surface area (Å²) < 4.78 is 6.61. The summed E-state index contributed by atoms with van der Waals surface area (Å²) >= 11 is 3.38. The van der Waals surface area contributed by atoms with Gasteiger partial charge in [-0.3, -0.25) is 4.79 Å². The molecule has 20 heavy (non-hydrogen) atoms. The summed E-state index contributed by atoms with van der Waals surface area (Å²) in [7, 11) is 0. The molecule has 0 N–H and O–H groups in total. The normalized spacial score (nSPS) is 10.3. The number of carbonyl (C=O) groups is 1. The van der Waals surface area contributed by atoms with Crippen LogP contribution >= 0.6 is 15.9 Å². The van der Waals surface area contributed by atoms with Crippen molar-refractivity contribution in [1.82, 2.24) is 0 Å². The molecule has 0 amide bonds. The van der Waals surface area contributed by atoms with Crippen molar-refractivity contribution in [2.45, 2.75) is 19.8 Å². The third-order valence-corrected chi connectivity index (χ3v) is 3.48. The number of ketones is 1. The summed E-state index contributed by atoms with van der Waals surface area (Å²) in [5, 5.41) is 0. The average molecular weight is 333 g/mol. The van der Waals surface area contributed by atoms with Gasteiger partial charge in [-0.05, 0) is 42.3 Å². The minimum Gasteiger partial charge on any atom is -0.493 e. The van der Waals surface area contributed by atoms with E-state index in [0.29, 0.717) is 19.4 Å². The van der Waals surface area contributed by atoms with Gasteiger partial charge in [-0.1, -0.05) is 40.2 Å². The third-order valence-electron chi connectivity index (χ3n) is 2.95. The van der Waals surface area contributed by atoms with E-state index >= 15 is 0 Å². The summed E-state index contributed by atoms with van der Waals surface area (Å²) in [6, 6.07) is 15.7. The van der Waals surface area contributed by atoms with Crippen LogP contribution in [0, 0.1) is 6.92 Å². The first-order chi connectivity index (χ1) is 9.63. The molecule has 2 nitrogen and oxygen atoms in total. The Hall–Kier alpha value is -1.61. The van der Waals surface area contributed by atoms with Crippen LogP contribution in [0.15, 0.2) is 53.0 Å². The number of aryl methyl sites for hydroxylation is 1. The van der Waals surface area contributed by atoms with Crippen molar-refractivity contribution in [2.75, 3.05) is 6.61 Å². The molecule has 2 aromatic rings. The molecule has 0 unspecified atom stereocenters. The number of rotatable bonds is 6. The highest BCUT2D eigenvalue weighted by atomic mass is 79.9. The molecular weight excluding hydrogens is 316 g/mol. The summed E-state index contributed by atoms with van der Waals surface area (Å²) in [5.41, 5.74) is 2.19. The molecule has 0 aliphatic heterocycles. The Morgan fingerprint density at radius 3 is 2.60 bits per heavy atom. The highest BCUT2D eigenvalue weighted by molar-refractivity contribution is 9.10. The first-order valence-electron chi connectivity index (χ1n) is 6.59. The number of carbonyl (C=O) groups excluding carboxylic acids is 1. The number of hydrogen-bond acceptors (Lipinski definition) is 2. The number of ether oxygens (including phenoxy) is 1. The maximum Gasteiger partial charge on any atom is 0.140 e. The van der Waals surface area contributed by atoms with Crippen LogP contribution in [0.2, 0.25) is 0 Å². The van der Waals surface area contributed by atoms with Gasteiger partial charge < -0.3 is 4.74 Å². The van der Waals surface area contributed by atoms with Gasteiger partial charge in [0, 0.05) is 17.3 Å². The number of hydrogen-bond donors (Lipinski definition) is 0. The molecule has 2 aromatic carbocycles. The monoisotopic (exact) mass is 332 g/mol. The number of benzene rings is 2. The smallest absolute Gasteiger partial charge is 0.140 e. The quantitative estimate of drug-likeness (QED) is 0.786. The molecule has 0 aromatic heterocycles. The van der Waals surface area contributed by atoms with E-state index in [1.54, 1.807) is 0 Å². The molecule has 104 valence electrons. The van der Waals surface area contributed by atoms with E-state index in [1.807, 2.05) is 55.5 Å². The molecule has 0 aliphatic carbocycles. The number of Topliss-reactive ketones (excluding diaryl/α,β-unsaturated/α-hetero) is 1. The molecule has 0 bridgehead atoms. The van der Waals surface area contributed by atoms with E-state index in [9.17, 15) is 4.79 Å². The number of halogens is 1. The third kappa shape index (κ3) is 4.82. The van der Waals surface area contributed by atoms with Crippen LogP contribution in [0.4, 0.5) is 0 Å². The zero-order valence-electron chi connectivity index (χ0n) is 11.4. The van der Waals surface area contributed by atoms with E-state index in [1.165, 1.54) is 0 Å². The fourth-order valence-electron chi connectivity index (χ4n) is 1.91. The predicted molar refractivity (Wildman–Crippen MR) is 84.1 cm³/mol. The van der Waals surface area contributed by atoms with Gasteiger partial charge in [0.2, 0.25) is 0 Å². The average Bonchev–Trinajstić information content (AvgIpc) is 2.41. The van der Waals surface area contributed by atoms with Gasteiger partial charge in [0.15, 0.2) is 0 Å². The molecule has 0 fully saturated rings. The van der Waals surface area contributed by atoms with Crippen molar-refractivity contribution in [3.05, 3.63) is 64.1 Å². The van der Waals surface area contributed by atoms with Crippen molar-refractivity contribution in [1.29, 1.82) is 0 Å². The minimum absolute atomic E-state index is 0.194. The molecule has 0 radical (unpaired) electrons. The Morgan fingerprint density at radius 1 is 1.15 bits per heavy atom. The van der Waals surface area contributed by atoms with Crippen molar-refractivity contribution in [2.24, 2.45) is 0 Å². The lowest BCUT2D eigenvalue weighted by Crippen LogP contribution is -2.08. The molecule has 0 heterocycles. The molecule has 0 saturated heterocycles. The Balaban J connectivity index is 1.76. The second-order valence-corrected chi connectivity index (χ2v) is 5.67. The first kappa shape index (κ1) is 14.8. The minimum atomic E-state index is 0.194. The lowest BCUT2D eigenvalue weighted by Gasteiger charge is -2.06. The molecule has 0 saturated carbocycles. The van der Waals surface area contributed by atoms with Gasteiger partial charge in [0.05, 0.1) is 6.61 Å². The first-order valence-corrected chi connectivity index (χ1v) is 7.38. The van der Waals surface area contributed by atoms with Crippen molar-refractivity contribution < 1.29 is 9.53 Å². The Kier molecular flexibility index (Phi) is 5.36. The summed E-state index contributed by atoms with van der Waals surface area (Å²) in [4.78, 5) is 11.9. The van der Waals surface area contributed by atoms with Crippen LogP contribution in [0.5, 0.6) is 5.75 Å². The molecule has 2 rings (SSSR count). The zero-order chi connectivity index (χ0) is 14.4. The maximum absolute atomic E-state index is 11.9. The summed E-state index contributed by atoms with van der Waals surface area (Å²) in [6.07, 6.45) is 0.897. The molecule has 0 aliphatic rings. The van der Waals surface area contributed by atoms with E-state index < -0.39 is 0 Å². The van der Waals surface area contributed by atoms with Crippen molar-refractivity contribution in [3.8, 4) is 5.75 Å². The Labute approximate surface area is 127 Å². The lowest BCUT2D eigenvalue weighted by molar-refractivity contribution is -0.118. The van der Waals surface area contributed by atoms with Crippen LogP contribution in [-0.4, -0.2) is 12.4 Å². The summed E-state index contributed by atoms with van der Waals surface area (Å²) in [5.74, 6) is 1.02. The highest BCUT2D eigenvalue weighted by Crippen LogP contribution is 2.13. The second kappa shape index (κ2) is 7.25. The SMILES string of the molecule is Cc1cccc(OCCC(=O)Cc2ccc(Br)cc2)c1. The van der Waals surface area contributed by atoms with Gasteiger partial charge in [-0.15, -0.1) is 0 Å². The fraction of sp³-hybridized carbons (Fsp3) is 0.235. The fourth-order valence-corrected chi connectivity index (χ4v) is 2.17. The van der Waals surface area contributed by atoms with Crippen LogP contribution < -0.4 is 4.74 Å². The van der Waals surface area contributed by atoms with Gasteiger partial charge in [0.25, 0.3) is 0 Å². The topological polar surface area (TPSA) is 26.3 Å². The van der Waals surface area contributed by atoms with Crippen LogP contribution in [0.1, 0.15) is 17.5 Å². The van der Waals surface area contributed by atoms with E-state index in [-0.39, 0.29) is 5.78 Å². The van der Waals surface area contributed by atoms with Crippen LogP contribution in [0.25, 0.3) is 0 Å². The second-order valence-electron chi connectivity index (χ2n) is 4.76. The maximum atomic E-state index is 11.9. The predicted octanol–water partition coefficient (Wildman–Crippen LogP) is 4.34. The van der Waals surface area contributed by atoms with Gasteiger partial charge in [-0.25, -0.2) is 0 Å².